The first-order chi connectivity index (χ1) is 7.19. The minimum absolute atomic E-state index is 0.197. The summed E-state index contributed by atoms with van der Waals surface area (Å²) in [4.78, 5) is 13.8. The van der Waals surface area contributed by atoms with E-state index in [2.05, 4.69) is 6.92 Å². The van der Waals surface area contributed by atoms with Gasteiger partial charge in [-0.3, -0.25) is 4.79 Å². The number of hydrogen-bond acceptors (Lipinski definition) is 3. The molecule has 2 unspecified atom stereocenters. The van der Waals surface area contributed by atoms with Crippen LogP contribution >= 0.6 is 0 Å². The van der Waals surface area contributed by atoms with Gasteiger partial charge in [-0.05, 0) is 32.2 Å². The number of amides is 1. The van der Waals surface area contributed by atoms with Crippen LogP contribution in [0.5, 0.6) is 0 Å². The molecule has 0 bridgehead atoms. The van der Waals surface area contributed by atoms with Crippen LogP contribution in [0.4, 0.5) is 0 Å². The van der Waals surface area contributed by atoms with E-state index < -0.39 is 0 Å². The van der Waals surface area contributed by atoms with Gasteiger partial charge in [-0.1, -0.05) is 0 Å². The van der Waals surface area contributed by atoms with Crippen molar-refractivity contribution in [1.82, 2.24) is 4.90 Å². The number of carbonyl (C=O) groups is 1. The molecule has 0 aliphatic carbocycles. The maximum atomic E-state index is 11.8. The Balaban J connectivity index is 2.46. The van der Waals surface area contributed by atoms with Gasteiger partial charge in [0.2, 0.25) is 5.91 Å². The summed E-state index contributed by atoms with van der Waals surface area (Å²) in [5, 5.41) is 0. The topological polar surface area (TPSA) is 55.6 Å². The van der Waals surface area contributed by atoms with Crippen LogP contribution in [0.1, 0.15) is 26.2 Å². The number of likely N-dealkylation sites (tertiary alicyclic amines) is 1. The normalized spacial score (nSPS) is 26.7. The van der Waals surface area contributed by atoms with Crippen LogP contribution in [0, 0.1) is 5.92 Å². The van der Waals surface area contributed by atoms with Gasteiger partial charge < -0.3 is 15.4 Å². The van der Waals surface area contributed by atoms with Crippen LogP contribution in [0.25, 0.3) is 0 Å². The molecule has 0 aromatic heterocycles. The fourth-order valence-electron chi connectivity index (χ4n) is 2.06. The predicted octanol–water partition coefficient (Wildman–Crippen LogP) is 0.609. The van der Waals surface area contributed by atoms with E-state index in [0.717, 1.165) is 19.4 Å². The molecule has 1 aliphatic heterocycles. The molecule has 4 nitrogen and oxygen atoms in total. The van der Waals surface area contributed by atoms with E-state index in [0.29, 0.717) is 31.5 Å². The molecule has 1 amide bonds. The Morgan fingerprint density at radius 1 is 1.53 bits per heavy atom. The van der Waals surface area contributed by atoms with Crippen molar-refractivity contribution in [3.63, 3.8) is 0 Å². The molecule has 15 heavy (non-hydrogen) atoms. The Hall–Kier alpha value is -0.610. The summed E-state index contributed by atoms with van der Waals surface area (Å²) >= 11 is 0. The molecule has 0 saturated carbocycles. The Labute approximate surface area is 91.8 Å². The van der Waals surface area contributed by atoms with Gasteiger partial charge in [0.05, 0.1) is 13.0 Å². The summed E-state index contributed by atoms with van der Waals surface area (Å²) < 4.78 is 4.92. The SMILES string of the molecule is COCCC(=O)N1CC(CN)CCC1C. The first kappa shape index (κ1) is 12.5. The van der Waals surface area contributed by atoms with Crippen LogP contribution in [-0.4, -0.2) is 43.7 Å². The average Bonchev–Trinajstić information content (AvgIpc) is 2.26. The standard InChI is InChI=1S/C11H22N2O2/c1-9-3-4-10(7-12)8-13(9)11(14)5-6-15-2/h9-10H,3-8,12H2,1-2H3. The van der Waals surface area contributed by atoms with Crippen molar-refractivity contribution in [1.29, 1.82) is 0 Å². The second-order valence-electron chi connectivity index (χ2n) is 4.32. The highest BCUT2D eigenvalue weighted by Crippen LogP contribution is 2.21. The second-order valence-corrected chi connectivity index (χ2v) is 4.32. The number of hydrogen-bond donors (Lipinski definition) is 1. The van der Waals surface area contributed by atoms with Gasteiger partial charge >= 0.3 is 0 Å². The van der Waals surface area contributed by atoms with Crippen molar-refractivity contribution >= 4 is 5.91 Å². The fraction of sp³-hybridized carbons (Fsp3) is 0.909. The van der Waals surface area contributed by atoms with E-state index in [4.69, 9.17) is 10.5 Å². The molecule has 1 fully saturated rings. The van der Waals surface area contributed by atoms with Gasteiger partial charge in [0.15, 0.2) is 0 Å². The summed E-state index contributed by atoms with van der Waals surface area (Å²) in [6.45, 7) is 4.12. The lowest BCUT2D eigenvalue weighted by Gasteiger charge is -2.37. The van der Waals surface area contributed by atoms with Crippen molar-refractivity contribution in [3.05, 3.63) is 0 Å². The molecule has 88 valence electrons. The fourth-order valence-corrected chi connectivity index (χ4v) is 2.06. The maximum Gasteiger partial charge on any atom is 0.225 e. The molecule has 1 heterocycles. The van der Waals surface area contributed by atoms with E-state index in [-0.39, 0.29) is 5.91 Å². The van der Waals surface area contributed by atoms with E-state index in [9.17, 15) is 4.79 Å². The van der Waals surface area contributed by atoms with Crippen LogP contribution in [-0.2, 0) is 9.53 Å². The number of rotatable bonds is 4. The quantitative estimate of drug-likeness (QED) is 0.746. The molecule has 1 rings (SSSR count). The summed E-state index contributed by atoms with van der Waals surface area (Å²) in [7, 11) is 1.62. The second kappa shape index (κ2) is 6.08. The third-order valence-corrected chi connectivity index (χ3v) is 3.15. The summed E-state index contributed by atoms with van der Waals surface area (Å²) in [6.07, 6.45) is 2.70. The highest BCUT2D eigenvalue weighted by molar-refractivity contribution is 5.76. The van der Waals surface area contributed by atoms with Crippen molar-refractivity contribution < 1.29 is 9.53 Å². The monoisotopic (exact) mass is 214 g/mol. The lowest BCUT2D eigenvalue weighted by molar-refractivity contribution is -0.136. The smallest absolute Gasteiger partial charge is 0.225 e. The summed E-state index contributed by atoms with van der Waals surface area (Å²) in [5.41, 5.74) is 5.65. The third kappa shape index (κ3) is 3.47. The van der Waals surface area contributed by atoms with Gasteiger partial charge in [0.1, 0.15) is 0 Å². The van der Waals surface area contributed by atoms with Gasteiger partial charge in [-0.15, -0.1) is 0 Å². The Morgan fingerprint density at radius 2 is 2.27 bits per heavy atom. The number of carbonyl (C=O) groups excluding carboxylic acids is 1. The molecule has 4 heteroatoms. The first-order valence-corrected chi connectivity index (χ1v) is 5.67. The number of piperidine rings is 1. The van der Waals surface area contributed by atoms with Crippen molar-refractivity contribution in [2.75, 3.05) is 26.8 Å². The van der Waals surface area contributed by atoms with Gasteiger partial charge in [-0.25, -0.2) is 0 Å². The molecule has 0 spiro atoms. The zero-order valence-electron chi connectivity index (χ0n) is 9.74. The highest BCUT2D eigenvalue weighted by Gasteiger charge is 2.27. The summed E-state index contributed by atoms with van der Waals surface area (Å²) in [5.74, 6) is 0.676. The lowest BCUT2D eigenvalue weighted by Crippen LogP contribution is -2.47. The number of methoxy groups -OCH3 is 1. The van der Waals surface area contributed by atoms with Crippen LogP contribution < -0.4 is 5.73 Å². The molecule has 2 N–H and O–H groups in total. The minimum Gasteiger partial charge on any atom is -0.384 e. The first-order valence-electron chi connectivity index (χ1n) is 5.67. The molecule has 1 aliphatic rings. The highest BCUT2D eigenvalue weighted by atomic mass is 16.5. The molecular weight excluding hydrogens is 192 g/mol. The zero-order valence-corrected chi connectivity index (χ0v) is 9.74. The number of ether oxygens (including phenoxy) is 1. The Bertz CT molecular complexity index is 209. The van der Waals surface area contributed by atoms with Crippen molar-refractivity contribution in [2.24, 2.45) is 11.7 Å². The minimum atomic E-state index is 0.197. The van der Waals surface area contributed by atoms with Gasteiger partial charge in [0.25, 0.3) is 0 Å². The third-order valence-electron chi connectivity index (χ3n) is 3.15. The Kier molecular flexibility index (Phi) is 5.05. The predicted molar refractivity (Wildman–Crippen MR) is 59.4 cm³/mol. The molecule has 1 saturated heterocycles. The largest absolute Gasteiger partial charge is 0.384 e. The van der Waals surface area contributed by atoms with E-state index in [1.165, 1.54) is 0 Å². The van der Waals surface area contributed by atoms with Crippen LogP contribution in [0.3, 0.4) is 0 Å². The molecular formula is C11H22N2O2. The van der Waals surface area contributed by atoms with Crippen molar-refractivity contribution in [3.8, 4) is 0 Å². The van der Waals surface area contributed by atoms with Gasteiger partial charge in [0, 0.05) is 19.7 Å². The molecule has 0 radical (unpaired) electrons. The maximum absolute atomic E-state index is 11.8. The molecule has 2 atom stereocenters. The van der Waals surface area contributed by atoms with E-state index in [1.54, 1.807) is 7.11 Å². The van der Waals surface area contributed by atoms with Gasteiger partial charge in [-0.2, -0.15) is 0 Å². The zero-order chi connectivity index (χ0) is 11.3. The average molecular weight is 214 g/mol. The van der Waals surface area contributed by atoms with E-state index in [1.807, 2.05) is 4.90 Å². The molecule has 0 aromatic rings. The lowest BCUT2D eigenvalue weighted by atomic mass is 9.93. The van der Waals surface area contributed by atoms with Crippen molar-refractivity contribution in [2.45, 2.75) is 32.2 Å². The van der Waals surface area contributed by atoms with E-state index >= 15 is 0 Å². The number of nitrogens with two attached hydrogens (primary N) is 1. The van der Waals surface area contributed by atoms with Crippen LogP contribution in [0.2, 0.25) is 0 Å². The summed E-state index contributed by atoms with van der Waals surface area (Å²) in [6, 6.07) is 0.358. The molecule has 0 aromatic carbocycles. The Morgan fingerprint density at radius 3 is 2.87 bits per heavy atom. The van der Waals surface area contributed by atoms with Crippen LogP contribution in [0.15, 0.2) is 0 Å². The number of nitrogens with zero attached hydrogens (tertiary/aromatic N) is 1.